The van der Waals surface area contributed by atoms with Gasteiger partial charge in [-0.15, -0.1) is 0 Å². The van der Waals surface area contributed by atoms with Crippen LogP contribution >= 0.6 is 0 Å². The van der Waals surface area contributed by atoms with Gasteiger partial charge in [-0.25, -0.2) is 0 Å². The van der Waals surface area contributed by atoms with Gasteiger partial charge in [-0.05, 0) is 30.9 Å². The second-order valence-corrected chi connectivity index (χ2v) is 5.16. The summed E-state index contributed by atoms with van der Waals surface area (Å²) >= 11 is 0. The molecule has 0 fully saturated rings. The van der Waals surface area contributed by atoms with Crippen LogP contribution in [0.3, 0.4) is 0 Å². The third-order valence-electron chi connectivity index (χ3n) is 3.37. The molecule has 82 valence electrons. The van der Waals surface area contributed by atoms with Crippen molar-refractivity contribution in [2.24, 2.45) is 10.4 Å². The zero-order chi connectivity index (χ0) is 10.9. The minimum Gasteiger partial charge on any atom is -0.388 e. The number of hydrogen-bond donors (Lipinski definition) is 1. The topological polar surface area (TPSA) is 41.5 Å². The van der Waals surface area contributed by atoms with Gasteiger partial charge in [-0.2, -0.15) is 0 Å². The van der Waals surface area contributed by atoms with E-state index in [0.29, 0.717) is 6.04 Å². The highest BCUT2D eigenvalue weighted by Gasteiger charge is 2.37. The van der Waals surface area contributed by atoms with Crippen molar-refractivity contribution in [2.75, 3.05) is 0 Å². The largest absolute Gasteiger partial charge is 0.388 e. The smallest absolute Gasteiger partial charge is 0.163 e. The Morgan fingerprint density at radius 2 is 2.47 bits per heavy atom. The van der Waals surface area contributed by atoms with E-state index in [0.717, 1.165) is 31.3 Å². The molecule has 0 saturated carbocycles. The van der Waals surface area contributed by atoms with Crippen molar-refractivity contribution in [1.29, 1.82) is 0 Å². The molecule has 0 saturated heterocycles. The number of nitrogens with zero attached hydrogens (tertiary/aromatic N) is 1. The van der Waals surface area contributed by atoms with Crippen molar-refractivity contribution in [3.63, 3.8) is 0 Å². The molecule has 2 rings (SSSR count). The van der Waals surface area contributed by atoms with Gasteiger partial charge in [-0.1, -0.05) is 19.9 Å². The third-order valence-corrected chi connectivity index (χ3v) is 3.37. The Morgan fingerprint density at radius 3 is 3.00 bits per heavy atom. The normalized spacial score (nSPS) is 32.5. The summed E-state index contributed by atoms with van der Waals surface area (Å²) in [5, 5.41) is 3.32. The summed E-state index contributed by atoms with van der Waals surface area (Å²) < 4.78 is 0. The predicted molar refractivity (Wildman–Crippen MR) is 61.0 cm³/mol. The van der Waals surface area contributed by atoms with E-state index < -0.39 is 0 Å². The Balaban J connectivity index is 2.00. The third kappa shape index (κ3) is 2.11. The molecule has 2 aliphatic heterocycles. The lowest BCUT2D eigenvalue weighted by molar-refractivity contribution is -0.102. The van der Waals surface area contributed by atoms with Crippen LogP contribution in [0.1, 0.15) is 33.1 Å². The summed E-state index contributed by atoms with van der Waals surface area (Å²) in [5.74, 6) is 0. The highest BCUT2D eigenvalue weighted by atomic mass is 16.1. The zero-order valence-electron chi connectivity index (χ0n) is 9.36. The molecule has 2 aliphatic rings. The Labute approximate surface area is 90.7 Å². The molecular formula is C12H18N2O. The fourth-order valence-corrected chi connectivity index (χ4v) is 2.39. The number of aliphatic imine (C=N–C) groups is 1. The monoisotopic (exact) mass is 206 g/mol. The van der Waals surface area contributed by atoms with Crippen LogP contribution in [-0.2, 0) is 4.79 Å². The van der Waals surface area contributed by atoms with Crippen LogP contribution in [0.15, 0.2) is 17.3 Å². The van der Waals surface area contributed by atoms with Gasteiger partial charge < -0.3 is 5.32 Å². The fraction of sp³-hybridized carbons (Fsp3) is 0.667. The van der Waals surface area contributed by atoms with Crippen molar-refractivity contribution in [3.05, 3.63) is 12.3 Å². The van der Waals surface area contributed by atoms with Crippen molar-refractivity contribution in [1.82, 2.24) is 5.32 Å². The molecule has 3 heteroatoms. The van der Waals surface area contributed by atoms with Gasteiger partial charge in [0.1, 0.15) is 0 Å². The lowest BCUT2D eigenvalue weighted by Crippen LogP contribution is -2.31. The quantitative estimate of drug-likeness (QED) is 0.714. The lowest BCUT2D eigenvalue weighted by Gasteiger charge is -2.27. The zero-order valence-corrected chi connectivity index (χ0v) is 9.36. The summed E-state index contributed by atoms with van der Waals surface area (Å²) in [7, 11) is 0. The fourth-order valence-electron chi connectivity index (χ4n) is 2.39. The Kier molecular flexibility index (Phi) is 2.63. The van der Waals surface area contributed by atoms with Gasteiger partial charge in [0.25, 0.3) is 0 Å². The van der Waals surface area contributed by atoms with Gasteiger partial charge in [0.2, 0.25) is 0 Å². The standard InChI is InChI=1S/C12H18N2O/c1-12(2)7-10(8-15)14-11(12)6-9-4-3-5-13-9/h3,5,8-9,11,13H,4,6-7H2,1-2H3. The molecule has 0 aromatic carbocycles. The number of nitrogens with one attached hydrogen (secondary N) is 1. The number of hydrogen-bond acceptors (Lipinski definition) is 3. The molecule has 2 heterocycles. The maximum absolute atomic E-state index is 10.7. The van der Waals surface area contributed by atoms with Crippen LogP contribution in [0.5, 0.6) is 0 Å². The molecule has 15 heavy (non-hydrogen) atoms. The minimum atomic E-state index is 0.139. The molecule has 0 aromatic rings. The molecule has 0 spiro atoms. The van der Waals surface area contributed by atoms with Gasteiger partial charge in [-0.3, -0.25) is 9.79 Å². The first-order valence-electron chi connectivity index (χ1n) is 5.55. The average molecular weight is 206 g/mol. The molecule has 2 atom stereocenters. The summed E-state index contributed by atoms with van der Waals surface area (Å²) in [6.45, 7) is 4.39. The molecule has 0 radical (unpaired) electrons. The number of rotatable bonds is 3. The molecule has 3 nitrogen and oxygen atoms in total. The first-order valence-corrected chi connectivity index (χ1v) is 5.55. The molecule has 0 aromatic heterocycles. The maximum Gasteiger partial charge on any atom is 0.163 e. The highest BCUT2D eigenvalue weighted by molar-refractivity contribution is 6.29. The number of aldehydes is 1. The van der Waals surface area contributed by atoms with E-state index in [1.54, 1.807) is 0 Å². The van der Waals surface area contributed by atoms with Crippen molar-refractivity contribution < 1.29 is 4.79 Å². The van der Waals surface area contributed by atoms with Crippen LogP contribution in [0.2, 0.25) is 0 Å². The summed E-state index contributed by atoms with van der Waals surface area (Å²) in [6, 6.07) is 0.791. The lowest BCUT2D eigenvalue weighted by atomic mass is 9.80. The van der Waals surface area contributed by atoms with E-state index in [9.17, 15) is 4.79 Å². The first kappa shape index (κ1) is 10.4. The second kappa shape index (κ2) is 3.80. The second-order valence-electron chi connectivity index (χ2n) is 5.16. The van der Waals surface area contributed by atoms with E-state index in [2.05, 4.69) is 30.2 Å². The van der Waals surface area contributed by atoms with E-state index in [1.165, 1.54) is 0 Å². The van der Waals surface area contributed by atoms with Crippen LogP contribution in [0, 0.1) is 5.41 Å². The van der Waals surface area contributed by atoms with Gasteiger partial charge in [0.05, 0.1) is 11.8 Å². The van der Waals surface area contributed by atoms with Crippen molar-refractivity contribution in [2.45, 2.75) is 45.2 Å². The molecule has 0 amide bonds. The summed E-state index contributed by atoms with van der Waals surface area (Å²) in [4.78, 5) is 15.2. The molecule has 2 unspecified atom stereocenters. The number of carbonyl (C=O) groups excluding carboxylic acids is 1. The van der Waals surface area contributed by atoms with Gasteiger partial charge >= 0.3 is 0 Å². The molecule has 0 bridgehead atoms. The molecule has 0 aliphatic carbocycles. The van der Waals surface area contributed by atoms with Crippen LogP contribution in [0.4, 0.5) is 0 Å². The van der Waals surface area contributed by atoms with Gasteiger partial charge in [0, 0.05) is 6.04 Å². The van der Waals surface area contributed by atoms with E-state index in [4.69, 9.17) is 0 Å². The SMILES string of the molecule is CC1(C)CC(C=O)=NC1CC1CC=CN1. The average Bonchev–Trinajstić information content (AvgIpc) is 2.76. The minimum absolute atomic E-state index is 0.139. The Hall–Kier alpha value is -1.12. The van der Waals surface area contributed by atoms with E-state index in [1.807, 2.05) is 6.20 Å². The maximum atomic E-state index is 10.7. The van der Waals surface area contributed by atoms with Gasteiger partial charge in [0.15, 0.2) is 6.29 Å². The summed E-state index contributed by atoms with van der Waals surface area (Å²) in [6.07, 6.45) is 7.99. The van der Waals surface area contributed by atoms with Crippen LogP contribution in [-0.4, -0.2) is 24.1 Å². The molecule has 1 N–H and O–H groups in total. The Bertz CT molecular complexity index is 310. The Morgan fingerprint density at radius 1 is 1.67 bits per heavy atom. The van der Waals surface area contributed by atoms with E-state index >= 15 is 0 Å². The van der Waals surface area contributed by atoms with Crippen LogP contribution in [0.25, 0.3) is 0 Å². The first-order chi connectivity index (χ1) is 7.12. The molecular weight excluding hydrogens is 188 g/mol. The summed E-state index contributed by atoms with van der Waals surface area (Å²) in [5.41, 5.74) is 0.872. The van der Waals surface area contributed by atoms with E-state index in [-0.39, 0.29) is 11.5 Å². The van der Waals surface area contributed by atoms with Crippen molar-refractivity contribution in [3.8, 4) is 0 Å². The van der Waals surface area contributed by atoms with Crippen molar-refractivity contribution >= 4 is 12.0 Å². The highest BCUT2D eigenvalue weighted by Crippen LogP contribution is 2.36. The predicted octanol–water partition coefficient (Wildman–Crippen LogP) is 1.69. The number of carbonyl (C=O) groups is 1. The van der Waals surface area contributed by atoms with Crippen LogP contribution < -0.4 is 5.32 Å².